The lowest BCUT2D eigenvalue weighted by atomic mass is 9.92. The number of likely N-dealkylation sites (tertiary alicyclic amines) is 1. The Kier molecular flexibility index (Phi) is 4.44. The van der Waals surface area contributed by atoms with Gasteiger partial charge in [0.1, 0.15) is 11.4 Å². The van der Waals surface area contributed by atoms with Crippen molar-refractivity contribution < 1.29 is 14.3 Å². The van der Waals surface area contributed by atoms with Gasteiger partial charge < -0.3 is 20.3 Å². The number of nitrogens with one attached hydrogen (secondary N) is 2. The lowest BCUT2D eigenvalue weighted by Crippen LogP contribution is -2.62. The molecule has 140 valence electrons. The minimum absolute atomic E-state index is 0.0203. The van der Waals surface area contributed by atoms with Gasteiger partial charge in [0.25, 0.3) is 11.8 Å². The Morgan fingerprint density at radius 1 is 1.11 bits per heavy atom. The number of carbonyl (C=O) groups is 2. The van der Waals surface area contributed by atoms with E-state index in [0.717, 1.165) is 0 Å². The number of piperidine rings is 1. The highest BCUT2D eigenvalue weighted by atomic mass is 35.5. The Morgan fingerprint density at radius 3 is 2.48 bits per heavy atom. The summed E-state index contributed by atoms with van der Waals surface area (Å²) in [5.74, 6) is 0.558. The van der Waals surface area contributed by atoms with Crippen molar-refractivity contribution in [3.05, 3.63) is 58.6 Å². The number of benzene rings is 2. The molecule has 0 atom stereocenters. The van der Waals surface area contributed by atoms with Gasteiger partial charge in [0, 0.05) is 31.5 Å². The van der Waals surface area contributed by atoms with Gasteiger partial charge in [-0.3, -0.25) is 9.59 Å². The zero-order chi connectivity index (χ0) is 19.0. The number of halogens is 1. The number of methoxy groups -OCH3 is 1. The van der Waals surface area contributed by atoms with Crippen LogP contribution in [-0.2, 0) is 0 Å². The molecule has 2 aromatic carbocycles. The minimum Gasteiger partial charge on any atom is -0.497 e. The second-order valence-electron chi connectivity index (χ2n) is 6.84. The van der Waals surface area contributed by atoms with E-state index in [1.807, 2.05) is 4.90 Å². The van der Waals surface area contributed by atoms with Crippen molar-refractivity contribution in [2.45, 2.75) is 18.5 Å². The zero-order valence-corrected chi connectivity index (χ0v) is 15.7. The van der Waals surface area contributed by atoms with Crippen molar-refractivity contribution in [1.29, 1.82) is 0 Å². The average Bonchev–Trinajstić information content (AvgIpc) is 2.69. The van der Waals surface area contributed by atoms with E-state index in [9.17, 15) is 9.59 Å². The Labute approximate surface area is 162 Å². The summed E-state index contributed by atoms with van der Waals surface area (Å²) in [6.07, 6.45) is 1.20. The summed E-state index contributed by atoms with van der Waals surface area (Å²) in [7, 11) is 1.59. The molecule has 1 saturated heterocycles. The summed E-state index contributed by atoms with van der Waals surface area (Å²) in [6, 6.07) is 12.4. The number of anilines is 1. The maximum atomic E-state index is 12.7. The highest BCUT2D eigenvalue weighted by Crippen LogP contribution is 2.35. The maximum absolute atomic E-state index is 12.7. The van der Waals surface area contributed by atoms with E-state index in [4.69, 9.17) is 16.3 Å². The van der Waals surface area contributed by atoms with Crippen molar-refractivity contribution in [3.8, 4) is 5.75 Å². The van der Waals surface area contributed by atoms with E-state index in [1.165, 1.54) is 0 Å². The van der Waals surface area contributed by atoms with Gasteiger partial charge in [0.15, 0.2) is 0 Å². The van der Waals surface area contributed by atoms with Gasteiger partial charge in [-0.1, -0.05) is 17.7 Å². The molecule has 2 aliphatic heterocycles. The molecule has 0 unspecified atom stereocenters. The molecule has 27 heavy (non-hydrogen) atoms. The Hall–Kier alpha value is -2.73. The quantitative estimate of drug-likeness (QED) is 0.833. The number of carbonyl (C=O) groups excluding carboxylic acids is 2. The molecule has 0 aliphatic carbocycles. The molecule has 2 heterocycles. The van der Waals surface area contributed by atoms with E-state index in [0.29, 0.717) is 53.5 Å². The van der Waals surface area contributed by atoms with Gasteiger partial charge in [-0.25, -0.2) is 0 Å². The van der Waals surface area contributed by atoms with E-state index < -0.39 is 5.66 Å². The number of nitrogens with zero attached hydrogens (tertiary/aromatic N) is 1. The molecule has 0 aromatic heterocycles. The van der Waals surface area contributed by atoms with Crippen molar-refractivity contribution >= 4 is 29.1 Å². The SMILES string of the molecule is COc1ccc(C(=O)N2CCC3(CC2)NC(=O)c2cccc(Cl)c2N3)cc1. The third kappa shape index (κ3) is 3.21. The van der Waals surface area contributed by atoms with Crippen LogP contribution in [0.4, 0.5) is 5.69 Å². The van der Waals surface area contributed by atoms with Gasteiger partial charge in [0.05, 0.1) is 23.4 Å². The molecular weight excluding hydrogens is 366 g/mol. The van der Waals surface area contributed by atoms with Crippen molar-refractivity contribution in [1.82, 2.24) is 10.2 Å². The van der Waals surface area contributed by atoms with Gasteiger partial charge in [-0.15, -0.1) is 0 Å². The monoisotopic (exact) mass is 385 g/mol. The topological polar surface area (TPSA) is 70.7 Å². The number of hydrogen-bond acceptors (Lipinski definition) is 4. The molecule has 1 fully saturated rings. The van der Waals surface area contributed by atoms with Crippen LogP contribution in [0.15, 0.2) is 42.5 Å². The third-order valence-corrected chi connectivity index (χ3v) is 5.53. The Balaban J connectivity index is 1.48. The molecule has 7 heteroatoms. The van der Waals surface area contributed by atoms with Crippen LogP contribution >= 0.6 is 11.6 Å². The van der Waals surface area contributed by atoms with Crippen LogP contribution in [0, 0.1) is 0 Å². The normalized spacial score (nSPS) is 17.7. The highest BCUT2D eigenvalue weighted by molar-refractivity contribution is 6.34. The summed E-state index contributed by atoms with van der Waals surface area (Å²) >= 11 is 6.28. The molecule has 2 amide bonds. The lowest BCUT2D eigenvalue weighted by molar-refractivity contribution is 0.0639. The average molecular weight is 386 g/mol. The van der Waals surface area contributed by atoms with Crippen molar-refractivity contribution in [3.63, 3.8) is 0 Å². The van der Waals surface area contributed by atoms with Crippen LogP contribution in [0.1, 0.15) is 33.6 Å². The number of ether oxygens (including phenoxy) is 1. The predicted molar refractivity (Wildman–Crippen MR) is 103 cm³/mol. The second-order valence-corrected chi connectivity index (χ2v) is 7.25. The van der Waals surface area contributed by atoms with Gasteiger partial charge in [0.2, 0.25) is 0 Å². The van der Waals surface area contributed by atoms with Gasteiger partial charge in [-0.2, -0.15) is 0 Å². The van der Waals surface area contributed by atoms with Crippen molar-refractivity contribution in [2.75, 3.05) is 25.5 Å². The first-order valence-corrected chi connectivity index (χ1v) is 9.22. The predicted octanol–water partition coefficient (Wildman–Crippen LogP) is 3.14. The fraction of sp³-hybridized carbons (Fsp3) is 0.300. The van der Waals surface area contributed by atoms with Crippen LogP contribution in [0.2, 0.25) is 5.02 Å². The number of amides is 2. The molecular formula is C20H20ClN3O3. The van der Waals surface area contributed by atoms with E-state index in [-0.39, 0.29) is 11.8 Å². The van der Waals surface area contributed by atoms with Crippen LogP contribution in [-0.4, -0.2) is 42.6 Å². The first-order chi connectivity index (χ1) is 13.0. The highest BCUT2D eigenvalue weighted by Gasteiger charge is 2.41. The smallest absolute Gasteiger partial charge is 0.255 e. The summed E-state index contributed by atoms with van der Waals surface area (Å²) in [6.45, 7) is 1.08. The Morgan fingerprint density at radius 2 is 1.81 bits per heavy atom. The van der Waals surface area contributed by atoms with Crippen molar-refractivity contribution in [2.24, 2.45) is 0 Å². The summed E-state index contributed by atoms with van der Waals surface area (Å²) in [5.41, 5.74) is 1.26. The van der Waals surface area contributed by atoms with Crippen LogP contribution in [0.25, 0.3) is 0 Å². The zero-order valence-electron chi connectivity index (χ0n) is 14.9. The minimum atomic E-state index is -0.578. The third-order valence-electron chi connectivity index (χ3n) is 5.22. The number of fused-ring (bicyclic) bond motifs is 1. The van der Waals surface area contributed by atoms with Crippen LogP contribution in [0.5, 0.6) is 5.75 Å². The molecule has 2 N–H and O–H groups in total. The van der Waals surface area contributed by atoms with Gasteiger partial charge in [-0.05, 0) is 36.4 Å². The maximum Gasteiger partial charge on any atom is 0.255 e. The fourth-order valence-electron chi connectivity index (χ4n) is 3.65. The standard InChI is InChI=1S/C20H20ClN3O3/c1-27-14-7-5-13(6-8-14)19(26)24-11-9-20(10-12-24)22-17-15(18(25)23-20)3-2-4-16(17)21/h2-8,22H,9-12H2,1H3,(H,23,25). The molecule has 0 saturated carbocycles. The fourth-order valence-corrected chi connectivity index (χ4v) is 3.88. The summed E-state index contributed by atoms with van der Waals surface area (Å²) < 4.78 is 5.13. The van der Waals surface area contributed by atoms with Crippen LogP contribution in [0.3, 0.4) is 0 Å². The first-order valence-electron chi connectivity index (χ1n) is 8.84. The number of rotatable bonds is 2. The number of hydrogen-bond donors (Lipinski definition) is 2. The summed E-state index contributed by atoms with van der Waals surface area (Å²) in [4.78, 5) is 27.1. The Bertz CT molecular complexity index is 890. The van der Waals surface area contributed by atoms with Crippen LogP contribution < -0.4 is 15.4 Å². The molecule has 2 aliphatic rings. The largest absolute Gasteiger partial charge is 0.497 e. The van der Waals surface area contributed by atoms with E-state index in [2.05, 4.69) is 10.6 Å². The second kappa shape index (κ2) is 6.78. The molecule has 0 bridgehead atoms. The number of para-hydroxylation sites is 1. The molecule has 2 aromatic rings. The first kappa shape index (κ1) is 17.7. The lowest BCUT2D eigenvalue weighted by Gasteiger charge is -2.46. The van der Waals surface area contributed by atoms with E-state index in [1.54, 1.807) is 49.6 Å². The van der Waals surface area contributed by atoms with E-state index >= 15 is 0 Å². The molecule has 0 radical (unpaired) electrons. The molecule has 1 spiro atoms. The molecule has 4 rings (SSSR count). The van der Waals surface area contributed by atoms with Gasteiger partial charge >= 0.3 is 0 Å². The molecule has 6 nitrogen and oxygen atoms in total. The summed E-state index contributed by atoms with van der Waals surface area (Å²) in [5, 5.41) is 7.00.